The standard InChI is InChI=1S/C29H49N3O2/c1-5-13-25(14-6-2)28(33)31-26(21-23(3)4)22-32-20-12-18-27(32)29(34)30-19-11-10-17-24-15-8-7-9-16-24/h7-9,15-16,23,25-27H,5-6,10-14,17-22H2,1-4H3,(H,30,34)(H,31,33)/t26-,27-/m0/s1. The Labute approximate surface area is 208 Å². The van der Waals surface area contributed by atoms with E-state index in [2.05, 4.69) is 67.5 Å². The summed E-state index contributed by atoms with van der Waals surface area (Å²) < 4.78 is 0. The van der Waals surface area contributed by atoms with Crippen LogP contribution in [0, 0.1) is 11.8 Å². The number of nitrogens with zero attached hydrogens (tertiary/aromatic N) is 1. The molecular weight excluding hydrogens is 422 g/mol. The fourth-order valence-electron chi connectivity index (χ4n) is 5.22. The van der Waals surface area contributed by atoms with E-state index in [1.165, 1.54) is 5.56 Å². The summed E-state index contributed by atoms with van der Waals surface area (Å²) in [5.41, 5.74) is 1.36. The first-order valence-electron chi connectivity index (χ1n) is 13.8. The van der Waals surface area contributed by atoms with Crippen molar-refractivity contribution >= 4 is 11.8 Å². The number of benzene rings is 1. The van der Waals surface area contributed by atoms with E-state index in [9.17, 15) is 9.59 Å². The minimum Gasteiger partial charge on any atom is -0.355 e. The zero-order valence-corrected chi connectivity index (χ0v) is 22.2. The average molecular weight is 472 g/mol. The van der Waals surface area contributed by atoms with Gasteiger partial charge >= 0.3 is 0 Å². The molecule has 0 saturated carbocycles. The Morgan fingerprint density at radius 2 is 1.76 bits per heavy atom. The highest BCUT2D eigenvalue weighted by Crippen LogP contribution is 2.20. The number of amides is 2. The molecular formula is C29H49N3O2. The minimum atomic E-state index is -0.0669. The lowest BCUT2D eigenvalue weighted by Crippen LogP contribution is -2.51. The highest BCUT2D eigenvalue weighted by atomic mass is 16.2. The van der Waals surface area contributed by atoms with Gasteiger partial charge in [-0.1, -0.05) is 70.9 Å². The Morgan fingerprint density at radius 1 is 1.06 bits per heavy atom. The maximum absolute atomic E-state index is 13.0. The zero-order chi connectivity index (χ0) is 24.8. The topological polar surface area (TPSA) is 61.4 Å². The first-order chi connectivity index (χ1) is 16.4. The van der Waals surface area contributed by atoms with Crippen LogP contribution in [0.15, 0.2) is 30.3 Å². The second-order valence-corrected chi connectivity index (χ2v) is 10.5. The van der Waals surface area contributed by atoms with Crippen LogP contribution in [-0.2, 0) is 16.0 Å². The Bertz CT molecular complexity index is 701. The molecule has 0 aliphatic carbocycles. The molecule has 1 heterocycles. The first-order valence-corrected chi connectivity index (χ1v) is 13.8. The predicted octanol–water partition coefficient (Wildman–Crippen LogP) is 5.34. The van der Waals surface area contributed by atoms with Crippen molar-refractivity contribution in [2.75, 3.05) is 19.6 Å². The summed E-state index contributed by atoms with van der Waals surface area (Å²) in [6.45, 7) is 11.1. The van der Waals surface area contributed by atoms with Crippen LogP contribution in [0.25, 0.3) is 0 Å². The molecule has 1 fully saturated rings. The summed E-state index contributed by atoms with van der Waals surface area (Å²) in [4.78, 5) is 28.3. The van der Waals surface area contributed by atoms with E-state index >= 15 is 0 Å². The van der Waals surface area contributed by atoms with Gasteiger partial charge in [0.1, 0.15) is 0 Å². The van der Waals surface area contributed by atoms with Crippen LogP contribution >= 0.6 is 0 Å². The van der Waals surface area contributed by atoms with Crippen LogP contribution in [0.3, 0.4) is 0 Å². The number of aryl methyl sites for hydroxylation is 1. The van der Waals surface area contributed by atoms with Gasteiger partial charge in [0.15, 0.2) is 0 Å². The number of carbonyl (C=O) groups is 2. The number of likely N-dealkylation sites (tertiary alicyclic amines) is 1. The second kappa shape index (κ2) is 15.9. The smallest absolute Gasteiger partial charge is 0.237 e. The summed E-state index contributed by atoms with van der Waals surface area (Å²) in [5.74, 6) is 0.966. The van der Waals surface area contributed by atoms with Crippen molar-refractivity contribution in [3.8, 4) is 0 Å². The fraction of sp³-hybridized carbons (Fsp3) is 0.724. The third-order valence-electron chi connectivity index (χ3n) is 6.90. The van der Waals surface area contributed by atoms with Crippen LogP contribution < -0.4 is 10.6 Å². The van der Waals surface area contributed by atoms with Gasteiger partial charge in [0.2, 0.25) is 11.8 Å². The summed E-state index contributed by atoms with van der Waals surface area (Å²) in [6, 6.07) is 10.6. The number of hydrogen-bond donors (Lipinski definition) is 2. The molecule has 1 aromatic carbocycles. The van der Waals surface area contributed by atoms with Gasteiger partial charge in [-0.25, -0.2) is 0 Å². The SMILES string of the molecule is CCCC(CCC)C(=O)N[C@@H](CC(C)C)CN1CCC[C@H]1C(=O)NCCCCc1ccccc1. The third kappa shape index (κ3) is 10.2. The van der Waals surface area contributed by atoms with E-state index < -0.39 is 0 Å². The van der Waals surface area contributed by atoms with Gasteiger partial charge in [0.05, 0.1) is 6.04 Å². The van der Waals surface area contributed by atoms with Crippen molar-refractivity contribution in [2.45, 2.75) is 104 Å². The lowest BCUT2D eigenvalue weighted by molar-refractivity contribution is -0.126. The average Bonchev–Trinajstić information content (AvgIpc) is 3.27. The van der Waals surface area contributed by atoms with Gasteiger partial charge in [0.25, 0.3) is 0 Å². The molecule has 0 aromatic heterocycles. The minimum absolute atomic E-state index is 0.0669. The Balaban J connectivity index is 1.83. The van der Waals surface area contributed by atoms with Crippen molar-refractivity contribution in [3.05, 3.63) is 35.9 Å². The lowest BCUT2D eigenvalue weighted by atomic mass is 9.96. The van der Waals surface area contributed by atoms with E-state index in [0.717, 1.165) is 83.8 Å². The monoisotopic (exact) mass is 471 g/mol. The summed E-state index contributed by atoms with van der Waals surface area (Å²) in [7, 11) is 0. The zero-order valence-electron chi connectivity index (χ0n) is 22.2. The molecule has 0 radical (unpaired) electrons. The van der Waals surface area contributed by atoms with E-state index in [1.807, 2.05) is 6.07 Å². The van der Waals surface area contributed by atoms with Gasteiger partial charge in [-0.3, -0.25) is 14.5 Å². The van der Waals surface area contributed by atoms with Crippen molar-refractivity contribution in [1.82, 2.24) is 15.5 Å². The van der Waals surface area contributed by atoms with E-state index in [0.29, 0.717) is 5.92 Å². The van der Waals surface area contributed by atoms with Crippen LogP contribution in [0.5, 0.6) is 0 Å². The molecule has 192 valence electrons. The van der Waals surface area contributed by atoms with Crippen LogP contribution in [0.4, 0.5) is 0 Å². The number of carbonyl (C=O) groups excluding carboxylic acids is 2. The highest BCUT2D eigenvalue weighted by Gasteiger charge is 2.33. The fourth-order valence-corrected chi connectivity index (χ4v) is 5.22. The van der Waals surface area contributed by atoms with Gasteiger partial charge in [-0.15, -0.1) is 0 Å². The molecule has 5 heteroatoms. The molecule has 34 heavy (non-hydrogen) atoms. The second-order valence-electron chi connectivity index (χ2n) is 10.5. The molecule has 2 amide bonds. The number of hydrogen-bond acceptors (Lipinski definition) is 3. The maximum atomic E-state index is 13.0. The van der Waals surface area contributed by atoms with E-state index in [1.54, 1.807) is 0 Å². The highest BCUT2D eigenvalue weighted by molar-refractivity contribution is 5.82. The van der Waals surface area contributed by atoms with Crippen LogP contribution in [-0.4, -0.2) is 48.4 Å². The quantitative estimate of drug-likeness (QED) is 0.320. The molecule has 5 nitrogen and oxygen atoms in total. The van der Waals surface area contributed by atoms with Gasteiger partial charge in [-0.2, -0.15) is 0 Å². The largest absolute Gasteiger partial charge is 0.355 e. The normalized spacial score (nSPS) is 17.3. The van der Waals surface area contributed by atoms with Crippen molar-refractivity contribution in [2.24, 2.45) is 11.8 Å². The molecule has 1 aliphatic heterocycles. The lowest BCUT2D eigenvalue weighted by Gasteiger charge is -2.31. The van der Waals surface area contributed by atoms with Crippen molar-refractivity contribution in [3.63, 3.8) is 0 Å². The van der Waals surface area contributed by atoms with Gasteiger partial charge in [-0.05, 0) is 69.4 Å². The molecule has 2 atom stereocenters. The number of unbranched alkanes of at least 4 members (excludes halogenated alkanes) is 1. The number of rotatable bonds is 16. The summed E-state index contributed by atoms with van der Waals surface area (Å²) in [5, 5.41) is 6.55. The Hall–Kier alpha value is -1.88. The molecule has 1 saturated heterocycles. The molecule has 1 aliphatic rings. The first kappa shape index (κ1) is 28.4. The third-order valence-corrected chi connectivity index (χ3v) is 6.90. The van der Waals surface area contributed by atoms with E-state index in [4.69, 9.17) is 0 Å². The Kier molecular flexibility index (Phi) is 13.3. The molecule has 2 rings (SSSR count). The molecule has 1 aromatic rings. The van der Waals surface area contributed by atoms with Crippen molar-refractivity contribution in [1.29, 1.82) is 0 Å². The summed E-state index contributed by atoms with van der Waals surface area (Å²) >= 11 is 0. The molecule has 2 N–H and O–H groups in total. The Morgan fingerprint density at radius 3 is 2.41 bits per heavy atom. The molecule has 0 unspecified atom stereocenters. The molecule has 0 spiro atoms. The maximum Gasteiger partial charge on any atom is 0.237 e. The summed E-state index contributed by atoms with van der Waals surface area (Å²) in [6.07, 6.45) is 10.0. The van der Waals surface area contributed by atoms with Crippen LogP contribution in [0.2, 0.25) is 0 Å². The van der Waals surface area contributed by atoms with Crippen molar-refractivity contribution < 1.29 is 9.59 Å². The molecule has 0 bridgehead atoms. The van der Waals surface area contributed by atoms with Gasteiger partial charge < -0.3 is 10.6 Å². The van der Waals surface area contributed by atoms with Gasteiger partial charge in [0, 0.05) is 25.0 Å². The van der Waals surface area contributed by atoms with E-state index in [-0.39, 0.29) is 29.8 Å². The number of nitrogens with one attached hydrogen (secondary N) is 2. The predicted molar refractivity (Wildman–Crippen MR) is 142 cm³/mol. The van der Waals surface area contributed by atoms with Crippen LogP contribution in [0.1, 0.15) is 91.0 Å².